The molecule has 0 saturated heterocycles. The molecule has 3 nitrogen and oxygen atoms in total. The Bertz CT molecular complexity index is 451. The van der Waals surface area contributed by atoms with Gasteiger partial charge in [-0.05, 0) is 12.1 Å². The van der Waals surface area contributed by atoms with E-state index < -0.39 is 0 Å². The Morgan fingerprint density at radius 2 is 2.06 bits per heavy atom. The number of carbonyl (C=O) groups excluding carboxylic acids is 2. The van der Waals surface area contributed by atoms with Gasteiger partial charge in [0.15, 0.2) is 5.12 Å². The predicted octanol–water partition coefficient (Wildman–Crippen LogP) is 2.57. The maximum Gasteiger partial charge on any atom is 0.334 e. The molecule has 1 heterocycles. The molecule has 0 aliphatic carbocycles. The monoisotopic (exact) mass is 248 g/mol. The number of rotatable bonds is 3. The largest absolute Gasteiger partial charge is 0.462 e. The number of hydrogen-bond acceptors (Lipinski definition) is 4. The normalized spacial score (nSPS) is 15.1. The Morgan fingerprint density at radius 1 is 1.29 bits per heavy atom. The number of esters is 1. The Hall–Kier alpha value is -1.55. The van der Waals surface area contributed by atoms with Gasteiger partial charge >= 0.3 is 5.97 Å². The van der Waals surface area contributed by atoms with Crippen LogP contribution in [0.3, 0.4) is 0 Å². The Kier molecular flexibility index (Phi) is 3.98. The smallest absolute Gasteiger partial charge is 0.334 e. The molecule has 1 aromatic carbocycles. The molecule has 17 heavy (non-hydrogen) atoms. The lowest BCUT2D eigenvalue weighted by molar-refractivity contribution is -0.140. The number of hydrogen-bond donors (Lipinski definition) is 0. The summed E-state index contributed by atoms with van der Waals surface area (Å²) in [5.41, 5.74) is 0.477. The second-order valence-corrected chi connectivity index (χ2v) is 4.75. The third kappa shape index (κ3) is 3.46. The van der Waals surface area contributed by atoms with Crippen LogP contribution in [0.2, 0.25) is 0 Å². The first-order valence-corrected chi connectivity index (χ1v) is 6.19. The molecule has 2 rings (SSSR count). The molecule has 0 saturated carbocycles. The van der Waals surface area contributed by atoms with E-state index in [1.165, 1.54) is 0 Å². The zero-order valence-electron chi connectivity index (χ0n) is 9.22. The quantitative estimate of drug-likeness (QED) is 0.609. The van der Waals surface area contributed by atoms with E-state index in [0.717, 1.165) is 16.7 Å². The number of benzene rings is 1. The molecular formula is C13H12O3S. The van der Waals surface area contributed by atoms with Crippen molar-refractivity contribution >= 4 is 22.8 Å². The van der Waals surface area contributed by atoms with Gasteiger partial charge in [-0.1, -0.05) is 36.0 Å². The standard InChI is InChI=1S/C13H12O3S/c14-12(17-11-6-2-1-3-7-11)9-10-5-4-8-16-13(10)15/h1-3,5-7H,4,8-9H2. The average Bonchev–Trinajstić information content (AvgIpc) is 2.33. The van der Waals surface area contributed by atoms with Crippen LogP contribution in [0, 0.1) is 0 Å². The van der Waals surface area contributed by atoms with Crippen molar-refractivity contribution in [3.8, 4) is 0 Å². The molecule has 0 radical (unpaired) electrons. The molecule has 0 amide bonds. The highest BCUT2D eigenvalue weighted by Gasteiger charge is 2.18. The summed E-state index contributed by atoms with van der Waals surface area (Å²) in [5.74, 6) is -0.363. The van der Waals surface area contributed by atoms with Crippen LogP contribution < -0.4 is 0 Å². The summed E-state index contributed by atoms with van der Waals surface area (Å²) < 4.78 is 4.87. The topological polar surface area (TPSA) is 43.4 Å². The SMILES string of the molecule is O=C(CC1=CCCOC1=O)Sc1ccccc1. The first kappa shape index (κ1) is 11.9. The van der Waals surface area contributed by atoms with Gasteiger partial charge in [0, 0.05) is 23.3 Å². The summed E-state index contributed by atoms with van der Waals surface area (Å²) in [4.78, 5) is 24.0. The van der Waals surface area contributed by atoms with E-state index in [1.54, 1.807) is 6.08 Å². The molecule has 0 unspecified atom stereocenters. The van der Waals surface area contributed by atoms with Gasteiger partial charge in [0.05, 0.1) is 6.61 Å². The zero-order chi connectivity index (χ0) is 12.1. The molecule has 4 heteroatoms. The third-order valence-electron chi connectivity index (χ3n) is 2.31. The van der Waals surface area contributed by atoms with E-state index in [0.29, 0.717) is 18.6 Å². The highest BCUT2D eigenvalue weighted by atomic mass is 32.2. The van der Waals surface area contributed by atoms with Crippen molar-refractivity contribution in [1.82, 2.24) is 0 Å². The van der Waals surface area contributed by atoms with Gasteiger partial charge in [-0.25, -0.2) is 4.79 Å². The molecule has 0 bridgehead atoms. The fourth-order valence-electron chi connectivity index (χ4n) is 1.52. The molecule has 0 aromatic heterocycles. The van der Waals surface area contributed by atoms with Gasteiger partial charge in [0.1, 0.15) is 0 Å². The van der Waals surface area contributed by atoms with Gasteiger partial charge in [0.2, 0.25) is 0 Å². The number of ether oxygens (including phenoxy) is 1. The Morgan fingerprint density at radius 3 is 2.76 bits per heavy atom. The van der Waals surface area contributed by atoms with Crippen LogP contribution in [0.4, 0.5) is 0 Å². The van der Waals surface area contributed by atoms with Gasteiger partial charge in [-0.3, -0.25) is 4.79 Å². The first-order valence-electron chi connectivity index (χ1n) is 5.37. The Balaban J connectivity index is 1.94. The van der Waals surface area contributed by atoms with E-state index in [9.17, 15) is 9.59 Å². The number of cyclic esters (lactones) is 1. The van der Waals surface area contributed by atoms with Crippen LogP contribution in [0.5, 0.6) is 0 Å². The van der Waals surface area contributed by atoms with E-state index >= 15 is 0 Å². The van der Waals surface area contributed by atoms with E-state index in [4.69, 9.17) is 4.74 Å². The average molecular weight is 248 g/mol. The lowest BCUT2D eigenvalue weighted by atomic mass is 10.1. The van der Waals surface area contributed by atoms with Gasteiger partial charge in [-0.15, -0.1) is 0 Å². The summed E-state index contributed by atoms with van der Waals surface area (Å²) >= 11 is 1.15. The molecule has 1 aromatic rings. The summed E-state index contributed by atoms with van der Waals surface area (Å²) in [6.07, 6.45) is 2.62. The minimum Gasteiger partial charge on any atom is -0.462 e. The van der Waals surface area contributed by atoms with E-state index in [-0.39, 0.29) is 17.5 Å². The zero-order valence-corrected chi connectivity index (χ0v) is 10.0. The third-order valence-corrected chi connectivity index (χ3v) is 3.19. The lowest BCUT2D eigenvalue weighted by Gasteiger charge is -2.11. The summed E-state index contributed by atoms with van der Waals surface area (Å²) in [7, 11) is 0. The molecule has 0 N–H and O–H groups in total. The summed E-state index contributed by atoms with van der Waals surface area (Å²) in [6.45, 7) is 0.419. The van der Waals surface area contributed by atoms with Crippen molar-refractivity contribution in [2.24, 2.45) is 0 Å². The molecule has 88 valence electrons. The van der Waals surface area contributed by atoms with Crippen LogP contribution >= 0.6 is 11.8 Å². The molecular weight excluding hydrogens is 236 g/mol. The summed E-state index contributed by atoms with van der Waals surface area (Å²) in [6, 6.07) is 9.40. The maximum atomic E-state index is 11.7. The first-order chi connectivity index (χ1) is 8.25. The molecule has 1 aliphatic rings. The second kappa shape index (κ2) is 5.68. The van der Waals surface area contributed by atoms with Crippen molar-refractivity contribution in [3.63, 3.8) is 0 Å². The van der Waals surface area contributed by atoms with Crippen LogP contribution in [0.1, 0.15) is 12.8 Å². The maximum absolute atomic E-state index is 11.7. The minimum absolute atomic E-state index is 0.0405. The Labute approximate surface area is 104 Å². The van der Waals surface area contributed by atoms with Crippen molar-refractivity contribution in [2.45, 2.75) is 17.7 Å². The fourth-order valence-corrected chi connectivity index (χ4v) is 2.30. The van der Waals surface area contributed by atoms with Crippen molar-refractivity contribution in [3.05, 3.63) is 42.0 Å². The summed E-state index contributed by atoms with van der Waals surface area (Å²) in [5, 5.41) is -0.0405. The molecule has 0 spiro atoms. The molecule has 0 fully saturated rings. The highest BCUT2D eigenvalue weighted by Crippen LogP contribution is 2.23. The highest BCUT2D eigenvalue weighted by molar-refractivity contribution is 8.13. The van der Waals surface area contributed by atoms with Crippen LogP contribution in [-0.4, -0.2) is 17.7 Å². The van der Waals surface area contributed by atoms with Crippen molar-refractivity contribution < 1.29 is 14.3 Å². The van der Waals surface area contributed by atoms with Crippen LogP contribution in [0.25, 0.3) is 0 Å². The molecule has 0 atom stereocenters. The van der Waals surface area contributed by atoms with Crippen molar-refractivity contribution in [1.29, 1.82) is 0 Å². The molecule has 1 aliphatic heterocycles. The second-order valence-electron chi connectivity index (χ2n) is 3.62. The van der Waals surface area contributed by atoms with Crippen LogP contribution in [0.15, 0.2) is 46.9 Å². The minimum atomic E-state index is -0.363. The van der Waals surface area contributed by atoms with Crippen LogP contribution in [-0.2, 0) is 14.3 Å². The number of carbonyl (C=O) groups is 2. The van der Waals surface area contributed by atoms with E-state index in [1.807, 2.05) is 30.3 Å². The van der Waals surface area contributed by atoms with Gasteiger partial charge < -0.3 is 4.74 Å². The predicted molar refractivity (Wildman–Crippen MR) is 65.6 cm³/mol. The van der Waals surface area contributed by atoms with Gasteiger partial charge in [-0.2, -0.15) is 0 Å². The van der Waals surface area contributed by atoms with Crippen molar-refractivity contribution in [2.75, 3.05) is 6.61 Å². The fraction of sp³-hybridized carbons (Fsp3) is 0.231. The lowest BCUT2D eigenvalue weighted by Crippen LogP contribution is -2.15. The van der Waals surface area contributed by atoms with E-state index in [2.05, 4.69) is 0 Å². The number of thioether (sulfide) groups is 1. The van der Waals surface area contributed by atoms with Gasteiger partial charge in [0.25, 0.3) is 0 Å².